The van der Waals surface area contributed by atoms with Gasteiger partial charge in [-0.1, -0.05) is 0 Å². The normalized spacial score (nSPS) is 11.9. The second kappa shape index (κ2) is 5.12. The molecular weight excluding hydrogens is 206 g/mol. The van der Waals surface area contributed by atoms with Gasteiger partial charge in [-0.25, -0.2) is 0 Å². The van der Waals surface area contributed by atoms with Gasteiger partial charge < -0.3 is 10.0 Å². The highest BCUT2D eigenvalue weighted by Gasteiger charge is 2.05. The third-order valence-electron chi connectivity index (χ3n) is 2.03. The number of aliphatic hydroxyl groups excluding tert-OH is 1. The first-order valence-corrected chi connectivity index (χ1v) is 6.86. The maximum absolute atomic E-state index is 9.77. The molecule has 0 radical (unpaired) electrons. The van der Waals surface area contributed by atoms with E-state index < -0.39 is 0 Å². The molecule has 1 N–H and O–H groups in total. The van der Waals surface area contributed by atoms with E-state index in [1.165, 1.54) is 0 Å². The van der Waals surface area contributed by atoms with Crippen molar-refractivity contribution in [3.63, 3.8) is 0 Å². The molecule has 0 fully saturated rings. The lowest BCUT2D eigenvalue weighted by atomic mass is 10.2. The van der Waals surface area contributed by atoms with Crippen LogP contribution in [0.2, 0.25) is 0 Å². The van der Waals surface area contributed by atoms with Crippen LogP contribution in [-0.2, 0) is 10.9 Å². The summed E-state index contributed by atoms with van der Waals surface area (Å²) in [5.41, 5.74) is 2.01. The summed E-state index contributed by atoms with van der Waals surface area (Å²) in [6.45, 7) is 0. The molecule has 0 saturated heterocycles. The zero-order valence-electron chi connectivity index (χ0n) is 9.69. The highest BCUT2D eigenvalue weighted by molar-refractivity contribution is 7.98. The second-order valence-electron chi connectivity index (χ2n) is 3.82. The Labute approximate surface area is 94.6 Å². The fraction of sp³-hybridized carbons (Fsp3) is 0.333. The van der Waals surface area contributed by atoms with Crippen LogP contribution in [0.1, 0.15) is 5.56 Å². The van der Waals surface area contributed by atoms with Gasteiger partial charge in [0.25, 0.3) is 0 Å². The molecule has 0 aliphatic rings. The summed E-state index contributed by atoms with van der Waals surface area (Å²) in [4.78, 5) is 2.04. The lowest BCUT2D eigenvalue weighted by Gasteiger charge is -2.12. The van der Waals surface area contributed by atoms with E-state index in [1.807, 2.05) is 48.7 Å². The molecule has 0 spiro atoms. The number of rotatable bonds is 3. The van der Waals surface area contributed by atoms with E-state index in [1.54, 1.807) is 0 Å². The van der Waals surface area contributed by atoms with E-state index in [4.69, 9.17) is 0 Å². The molecular formula is C12H18NOS+. The molecule has 1 aromatic rings. The Morgan fingerprint density at radius 2 is 1.73 bits per heavy atom. The van der Waals surface area contributed by atoms with E-state index in [9.17, 15) is 5.11 Å². The van der Waals surface area contributed by atoms with Crippen molar-refractivity contribution in [2.24, 2.45) is 0 Å². The summed E-state index contributed by atoms with van der Waals surface area (Å²) in [5, 5.41) is 11.7. The summed E-state index contributed by atoms with van der Waals surface area (Å²) < 4.78 is 0. The second-order valence-corrected chi connectivity index (χ2v) is 5.82. The summed E-state index contributed by atoms with van der Waals surface area (Å²) in [5.74, 6) is 0.369. The van der Waals surface area contributed by atoms with E-state index >= 15 is 0 Å². The van der Waals surface area contributed by atoms with Crippen molar-refractivity contribution in [2.75, 3.05) is 31.5 Å². The minimum atomic E-state index is 0.117. The predicted molar refractivity (Wildman–Crippen MR) is 70.6 cm³/mol. The maximum Gasteiger partial charge on any atom is 0.170 e. The Morgan fingerprint density at radius 1 is 1.20 bits per heavy atom. The number of anilines is 1. The Kier molecular flexibility index (Phi) is 4.09. The maximum atomic E-state index is 9.77. The molecule has 0 aromatic heterocycles. The number of aliphatic hydroxyl groups is 1. The first-order valence-electron chi connectivity index (χ1n) is 4.75. The predicted octanol–water partition coefficient (Wildman–Crippen LogP) is 2.49. The van der Waals surface area contributed by atoms with Gasteiger partial charge in [-0.2, -0.15) is 0 Å². The van der Waals surface area contributed by atoms with Gasteiger partial charge in [0.1, 0.15) is 12.5 Å². The van der Waals surface area contributed by atoms with Gasteiger partial charge in [0.2, 0.25) is 0 Å². The van der Waals surface area contributed by atoms with Gasteiger partial charge in [-0.05, 0) is 24.3 Å². The molecule has 2 nitrogen and oxygen atoms in total. The first kappa shape index (κ1) is 12.0. The lowest BCUT2D eigenvalue weighted by Crippen LogP contribution is -2.08. The Balaban J connectivity index is 2.89. The molecule has 0 unspecified atom stereocenters. The van der Waals surface area contributed by atoms with E-state index in [0.29, 0.717) is 5.76 Å². The number of hydrogen-bond donors (Lipinski definition) is 1. The van der Waals surface area contributed by atoms with E-state index in [-0.39, 0.29) is 10.9 Å². The average Bonchev–Trinajstić information content (AvgIpc) is 2.17. The van der Waals surface area contributed by atoms with E-state index in [0.717, 1.165) is 11.3 Å². The van der Waals surface area contributed by atoms with Crippen LogP contribution < -0.4 is 4.90 Å². The molecule has 0 aliphatic carbocycles. The molecule has 0 aliphatic heterocycles. The van der Waals surface area contributed by atoms with Crippen LogP contribution in [0.5, 0.6) is 0 Å². The largest absolute Gasteiger partial charge is 0.503 e. The van der Waals surface area contributed by atoms with Crippen molar-refractivity contribution in [2.45, 2.75) is 0 Å². The number of nitrogens with zero attached hydrogens (tertiary/aromatic N) is 1. The molecule has 15 heavy (non-hydrogen) atoms. The van der Waals surface area contributed by atoms with Crippen LogP contribution in [0.15, 0.2) is 29.7 Å². The van der Waals surface area contributed by atoms with Crippen molar-refractivity contribution in [1.29, 1.82) is 0 Å². The quantitative estimate of drug-likeness (QED) is 0.630. The standard InChI is InChI=1S/C12H17NOS/c1-13(2)11-7-5-10(6-8-11)12(14)9-15(3)4/h5-9H,1-4H3/p+1/b12-9-. The third kappa shape index (κ3) is 3.51. The van der Waals surface area contributed by atoms with Crippen LogP contribution >= 0.6 is 0 Å². The molecule has 0 saturated carbocycles. The Morgan fingerprint density at radius 3 is 2.13 bits per heavy atom. The highest BCUT2D eigenvalue weighted by Crippen LogP contribution is 2.17. The summed E-state index contributed by atoms with van der Waals surface area (Å²) in [7, 11) is 4.12. The molecule has 1 rings (SSSR count). The number of benzene rings is 1. The lowest BCUT2D eigenvalue weighted by molar-refractivity contribution is 0.513. The zero-order chi connectivity index (χ0) is 11.4. The van der Waals surface area contributed by atoms with Gasteiger partial charge in [0.15, 0.2) is 11.2 Å². The summed E-state index contributed by atoms with van der Waals surface area (Å²) in [6, 6.07) is 7.88. The molecule has 82 valence electrons. The van der Waals surface area contributed by atoms with Gasteiger partial charge in [-0.15, -0.1) is 0 Å². The molecule has 0 bridgehead atoms. The smallest absolute Gasteiger partial charge is 0.170 e. The highest BCUT2D eigenvalue weighted by atomic mass is 32.2. The molecule has 0 heterocycles. The Hall–Kier alpha value is -1.09. The minimum absolute atomic E-state index is 0.117. The SMILES string of the molecule is CN(C)c1ccc(/C(O)=C/[S+](C)C)cc1. The fourth-order valence-corrected chi connectivity index (χ4v) is 1.80. The molecule has 0 amide bonds. The van der Waals surface area contributed by atoms with Gasteiger partial charge in [-0.3, -0.25) is 0 Å². The van der Waals surface area contributed by atoms with Crippen molar-refractivity contribution < 1.29 is 5.11 Å². The van der Waals surface area contributed by atoms with Crippen LogP contribution in [0.25, 0.3) is 5.76 Å². The Bertz CT molecular complexity index is 341. The van der Waals surface area contributed by atoms with Crippen molar-refractivity contribution >= 4 is 22.3 Å². The van der Waals surface area contributed by atoms with Crippen molar-refractivity contribution in [3.05, 3.63) is 35.2 Å². The van der Waals surface area contributed by atoms with Crippen LogP contribution in [0, 0.1) is 0 Å². The van der Waals surface area contributed by atoms with Crippen molar-refractivity contribution in [3.8, 4) is 0 Å². The van der Waals surface area contributed by atoms with Crippen molar-refractivity contribution in [1.82, 2.24) is 0 Å². The van der Waals surface area contributed by atoms with E-state index in [2.05, 4.69) is 12.5 Å². The van der Waals surface area contributed by atoms with Gasteiger partial charge in [0.05, 0.1) is 0 Å². The summed E-state index contributed by atoms with van der Waals surface area (Å²) >= 11 is 0. The van der Waals surface area contributed by atoms with Gasteiger partial charge >= 0.3 is 0 Å². The van der Waals surface area contributed by atoms with Crippen LogP contribution in [0.3, 0.4) is 0 Å². The van der Waals surface area contributed by atoms with Gasteiger partial charge in [0, 0.05) is 36.2 Å². The van der Waals surface area contributed by atoms with Crippen LogP contribution in [-0.4, -0.2) is 31.7 Å². The molecule has 3 heteroatoms. The molecule has 0 atom stereocenters. The first-order chi connectivity index (χ1) is 7.00. The fourth-order valence-electron chi connectivity index (χ4n) is 1.22. The minimum Gasteiger partial charge on any atom is -0.503 e. The zero-order valence-corrected chi connectivity index (χ0v) is 10.5. The summed E-state index contributed by atoms with van der Waals surface area (Å²) in [6.07, 6.45) is 4.15. The topological polar surface area (TPSA) is 23.5 Å². The third-order valence-corrected chi connectivity index (χ3v) is 2.72. The average molecular weight is 224 g/mol. The monoisotopic (exact) mass is 224 g/mol. The number of hydrogen-bond acceptors (Lipinski definition) is 2. The van der Waals surface area contributed by atoms with Crippen LogP contribution in [0.4, 0.5) is 5.69 Å². The molecule has 1 aromatic carbocycles.